The van der Waals surface area contributed by atoms with Crippen molar-refractivity contribution in [2.75, 3.05) is 11.9 Å². The quantitative estimate of drug-likeness (QED) is 0.830. The summed E-state index contributed by atoms with van der Waals surface area (Å²) in [6, 6.07) is 2.03. The molecule has 0 amide bonds. The maximum absolute atomic E-state index is 5.82. The molecule has 1 heterocycles. The van der Waals surface area contributed by atoms with E-state index < -0.39 is 0 Å². The van der Waals surface area contributed by atoms with Crippen molar-refractivity contribution in [3.8, 4) is 0 Å². The number of pyridine rings is 1. The van der Waals surface area contributed by atoms with Crippen molar-refractivity contribution in [1.29, 1.82) is 0 Å². The minimum absolute atomic E-state index is 0.423. The zero-order chi connectivity index (χ0) is 14.0. The van der Waals surface area contributed by atoms with Gasteiger partial charge in [0, 0.05) is 12.2 Å². The predicted octanol–water partition coefficient (Wildman–Crippen LogP) is 3.18. The standard InChI is InChI=1S/C15H23N3S/c1-9-4-5-12(6-9)8-17-15-13(14(16)19)10(2)7-11(3)18-15/h7,9,12H,4-6,8H2,1-3H3,(H2,16,19)(H,17,18). The molecule has 0 aliphatic heterocycles. The van der Waals surface area contributed by atoms with Crippen molar-refractivity contribution in [3.05, 3.63) is 22.9 Å². The number of thiocarbonyl (C=S) groups is 1. The third-order valence-electron chi connectivity index (χ3n) is 3.95. The lowest BCUT2D eigenvalue weighted by atomic mass is 10.1. The average Bonchev–Trinajstić information content (AvgIpc) is 2.71. The first kappa shape index (κ1) is 14.3. The lowest BCUT2D eigenvalue weighted by Crippen LogP contribution is -2.19. The van der Waals surface area contributed by atoms with Crippen molar-refractivity contribution >= 4 is 23.0 Å². The van der Waals surface area contributed by atoms with Gasteiger partial charge in [-0.15, -0.1) is 0 Å². The van der Waals surface area contributed by atoms with Gasteiger partial charge in [-0.1, -0.05) is 25.6 Å². The van der Waals surface area contributed by atoms with E-state index in [1.54, 1.807) is 0 Å². The summed E-state index contributed by atoms with van der Waals surface area (Å²) < 4.78 is 0. The van der Waals surface area contributed by atoms with Crippen molar-refractivity contribution in [3.63, 3.8) is 0 Å². The van der Waals surface area contributed by atoms with Gasteiger partial charge >= 0.3 is 0 Å². The Morgan fingerprint density at radius 2 is 2.21 bits per heavy atom. The summed E-state index contributed by atoms with van der Waals surface area (Å²) in [5.41, 5.74) is 8.82. The second-order valence-corrected chi connectivity index (χ2v) is 6.27. The van der Waals surface area contributed by atoms with Crippen LogP contribution in [0.3, 0.4) is 0 Å². The third kappa shape index (κ3) is 3.44. The van der Waals surface area contributed by atoms with Crippen LogP contribution in [0.4, 0.5) is 5.82 Å². The van der Waals surface area contributed by atoms with Gasteiger partial charge in [0.1, 0.15) is 10.8 Å². The Bertz CT molecular complexity index is 485. The van der Waals surface area contributed by atoms with Gasteiger partial charge in [0.15, 0.2) is 0 Å². The molecule has 1 aromatic rings. The van der Waals surface area contributed by atoms with E-state index in [-0.39, 0.29) is 0 Å². The number of nitrogens with zero attached hydrogens (tertiary/aromatic N) is 1. The lowest BCUT2D eigenvalue weighted by Gasteiger charge is -2.16. The maximum Gasteiger partial charge on any atom is 0.136 e. The van der Waals surface area contributed by atoms with Crippen LogP contribution in [0.5, 0.6) is 0 Å². The maximum atomic E-state index is 5.82. The smallest absolute Gasteiger partial charge is 0.136 e. The molecule has 2 atom stereocenters. The highest BCUT2D eigenvalue weighted by atomic mass is 32.1. The minimum atomic E-state index is 0.423. The fourth-order valence-corrected chi connectivity index (χ4v) is 3.28. The predicted molar refractivity (Wildman–Crippen MR) is 84.6 cm³/mol. The zero-order valence-electron chi connectivity index (χ0n) is 12.0. The molecule has 0 aromatic carbocycles. The summed E-state index contributed by atoms with van der Waals surface area (Å²) in [4.78, 5) is 4.98. The van der Waals surface area contributed by atoms with E-state index >= 15 is 0 Å². The van der Waals surface area contributed by atoms with Crippen molar-refractivity contribution in [1.82, 2.24) is 4.98 Å². The van der Waals surface area contributed by atoms with E-state index in [4.69, 9.17) is 18.0 Å². The van der Waals surface area contributed by atoms with Gasteiger partial charge in [-0.05, 0) is 50.2 Å². The van der Waals surface area contributed by atoms with Crippen LogP contribution in [0.2, 0.25) is 0 Å². The Kier molecular flexibility index (Phi) is 4.40. The molecule has 0 bridgehead atoms. The van der Waals surface area contributed by atoms with Crippen molar-refractivity contribution in [2.24, 2.45) is 17.6 Å². The Hall–Kier alpha value is -1.16. The van der Waals surface area contributed by atoms with Crippen LogP contribution in [-0.4, -0.2) is 16.5 Å². The van der Waals surface area contributed by atoms with E-state index in [9.17, 15) is 0 Å². The van der Waals surface area contributed by atoms with Gasteiger partial charge in [0.2, 0.25) is 0 Å². The van der Waals surface area contributed by atoms with Gasteiger partial charge in [0.05, 0.1) is 5.56 Å². The normalized spacial score (nSPS) is 22.5. The second kappa shape index (κ2) is 5.87. The first-order chi connectivity index (χ1) is 8.97. The molecule has 1 saturated carbocycles. The Balaban J connectivity index is 2.12. The number of nitrogens with one attached hydrogen (secondary N) is 1. The van der Waals surface area contributed by atoms with Crippen LogP contribution in [0, 0.1) is 25.7 Å². The first-order valence-corrected chi connectivity index (χ1v) is 7.40. The van der Waals surface area contributed by atoms with E-state index in [1.807, 2.05) is 19.9 Å². The molecular weight excluding hydrogens is 254 g/mol. The Labute approximate surface area is 121 Å². The number of hydrogen-bond donors (Lipinski definition) is 2. The number of nitrogens with two attached hydrogens (primary N) is 1. The molecule has 3 nitrogen and oxygen atoms in total. The molecule has 1 aliphatic rings. The second-order valence-electron chi connectivity index (χ2n) is 5.83. The van der Waals surface area contributed by atoms with Crippen LogP contribution < -0.4 is 11.1 Å². The van der Waals surface area contributed by atoms with Crippen LogP contribution in [0.25, 0.3) is 0 Å². The monoisotopic (exact) mass is 277 g/mol. The van der Waals surface area contributed by atoms with Crippen LogP contribution in [-0.2, 0) is 0 Å². The molecule has 1 fully saturated rings. The highest BCUT2D eigenvalue weighted by Crippen LogP contribution is 2.30. The fourth-order valence-electron chi connectivity index (χ4n) is 3.03. The van der Waals surface area contributed by atoms with Gasteiger partial charge in [-0.3, -0.25) is 0 Å². The SMILES string of the molecule is Cc1cc(C)c(C(N)=S)c(NCC2CCC(C)C2)n1. The zero-order valence-corrected chi connectivity index (χ0v) is 12.8. The number of anilines is 1. The molecule has 2 rings (SSSR count). The van der Waals surface area contributed by atoms with Crippen molar-refractivity contribution < 1.29 is 0 Å². The van der Waals surface area contributed by atoms with Crippen LogP contribution >= 0.6 is 12.2 Å². The van der Waals surface area contributed by atoms with Gasteiger partial charge in [0.25, 0.3) is 0 Å². The highest BCUT2D eigenvalue weighted by Gasteiger charge is 2.21. The first-order valence-electron chi connectivity index (χ1n) is 6.99. The summed E-state index contributed by atoms with van der Waals surface area (Å²) in [5.74, 6) is 2.45. The van der Waals surface area contributed by atoms with E-state index in [0.29, 0.717) is 4.99 Å². The van der Waals surface area contributed by atoms with Crippen molar-refractivity contribution in [2.45, 2.75) is 40.0 Å². The largest absolute Gasteiger partial charge is 0.389 e. The summed E-state index contributed by atoms with van der Waals surface area (Å²) in [6.07, 6.45) is 3.95. The van der Waals surface area contributed by atoms with E-state index in [1.165, 1.54) is 19.3 Å². The molecular formula is C15H23N3S. The van der Waals surface area contributed by atoms with Gasteiger partial charge in [-0.2, -0.15) is 0 Å². The Morgan fingerprint density at radius 3 is 2.79 bits per heavy atom. The number of rotatable bonds is 4. The molecule has 3 N–H and O–H groups in total. The van der Waals surface area contributed by atoms with Crippen LogP contribution in [0.15, 0.2) is 6.07 Å². The average molecular weight is 277 g/mol. The van der Waals surface area contributed by atoms with Gasteiger partial charge in [-0.25, -0.2) is 4.98 Å². The minimum Gasteiger partial charge on any atom is -0.389 e. The summed E-state index contributed by atoms with van der Waals surface area (Å²) in [7, 11) is 0. The molecule has 104 valence electrons. The third-order valence-corrected chi connectivity index (χ3v) is 4.16. The van der Waals surface area contributed by atoms with E-state index in [0.717, 1.165) is 41.0 Å². The summed E-state index contributed by atoms with van der Waals surface area (Å²) in [5, 5.41) is 3.46. The number of hydrogen-bond acceptors (Lipinski definition) is 3. The van der Waals surface area contributed by atoms with Crippen LogP contribution in [0.1, 0.15) is 43.0 Å². The fraction of sp³-hybridized carbons (Fsp3) is 0.600. The molecule has 1 aromatic heterocycles. The molecule has 0 spiro atoms. The highest BCUT2D eigenvalue weighted by molar-refractivity contribution is 7.80. The molecule has 0 radical (unpaired) electrons. The molecule has 0 saturated heterocycles. The topological polar surface area (TPSA) is 50.9 Å². The molecule has 1 aliphatic carbocycles. The summed E-state index contributed by atoms with van der Waals surface area (Å²) >= 11 is 5.15. The lowest BCUT2D eigenvalue weighted by molar-refractivity contribution is 0.536. The molecule has 2 unspecified atom stereocenters. The molecule has 19 heavy (non-hydrogen) atoms. The van der Waals surface area contributed by atoms with E-state index in [2.05, 4.69) is 17.2 Å². The number of aromatic nitrogens is 1. The number of aryl methyl sites for hydroxylation is 2. The molecule has 4 heteroatoms. The van der Waals surface area contributed by atoms with Gasteiger partial charge < -0.3 is 11.1 Å². The summed E-state index contributed by atoms with van der Waals surface area (Å²) in [6.45, 7) is 7.33. The Morgan fingerprint density at radius 1 is 1.47 bits per heavy atom.